The van der Waals surface area contributed by atoms with Crippen LogP contribution in [0.25, 0.3) is 11.0 Å². The van der Waals surface area contributed by atoms with Gasteiger partial charge in [0.1, 0.15) is 0 Å². The van der Waals surface area contributed by atoms with Crippen LogP contribution in [0.3, 0.4) is 0 Å². The molecule has 0 saturated heterocycles. The van der Waals surface area contributed by atoms with Crippen LogP contribution in [0, 0.1) is 0 Å². The highest BCUT2D eigenvalue weighted by Gasteiger charge is 2.34. The van der Waals surface area contributed by atoms with Crippen molar-refractivity contribution >= 4 is 20.9 Å². The minimum absolute atomic E-state index is 0.0610. The Morgan fingerprint density at radius 2 is 2.15 bits per heavy atom. The number of hydrogen-bond donors (Lipinski definition) is 1. The molecule has 6 heteroatoms. The van der Waals surface area contributed by atoms with Crippen LogP contribution in [-0.2, 0) is 22.9 Å². The normalized spacial score (nSPS) is 15.8. The number of nitrogens with two attached hydrogens (primary N) is 1. The van der Waals surface area contributed by atoms with Crippen LogP contribution in [0.2, 0.25) is 0 Å². The number of aromatic nitrogens is 2. The lowest BCUT2D eigenvalue weighted by atomic mass is 10.2. The van der Waals surface area contributed by atoms with Gasteiger partial charge in [-0.25, -0.2) is 13.4 Å². The summed E-state index contributed by atoms with van der Waals surface area (Å²) < 4.78 is 25.7. The smallest absolute Gasteiger partial charge is 0.153 e. The molecule has 1 aliphatic rings. The van der Waals surface area contributed by atoms with Crippen LogP contribution < -0.4 is 5.73 Å². The third-order valence-electron chi connectivity index (χ3n) is 3.78. The monoisotopic (exact) mass is 293 g/mol. The molecule has 1 aliphatic carbocycles. The molecule has 3 rings (SSSR count). The maximum Gasteiger partial charge on any atom is 0.153 e. The van der Waals surface area contributed by atoms with E-state index >= 15 is 0 Å². The van der Waals surface area contributed by atoms with Gasteiger partial charge < -0.3 is 10.3 Å². The molecule has 2 aromatic rings. The van der Waals surface area contributed by atoms with Crippen molar-refractivity contribution in [1.82, 2.24) is 9.55 Å². The minimum atomic E-state index is -2.85. The van der Waals surface area contributed by atoms with Gasteiger partial charge in [0.25, 0.3) is 0 Å². The van der Waals surface area contributed by atoms with Gasteiger partial charge in [-0.05, 0) is 37.0 Å². The molecule has 0 amide bonds. The van der Waals surface area contributed by atoms with E-state index in [0.717, 1.165) is 29.4 Å². The number of aryl methyl sites for hydroxylation is 1. The highest BCUT2D eigenvalue weighted by molar-refractivity contribution is 7.92. The van der Waals surface area contributed by atoms with E-state index in [9.17, 15) is 8.42 Å². The number of benzene rings is 1. The predicted molar refractivity (Wildman–Crippen MR) is 79.1 cm³/mol. The Hall–Kier alpha value is -1.40. The van der Waals surface area contributed by atoms with Gasteiger partial charge in [-0.15, -0.1) is 0 Å². The van der Waals surface area contributed by atoms with Gasteiger partial charge in [-0.2, -0.15) is 0 Å². The lowest BCUT2D eigenvalue weighted by Crippen LogP contribution is -2.13. The van der Waals surface area contributed by atoms with Crippen molar-refractivity contribution < 1.29 is 8.42 Å². The average Bonchev–Trinajstić information content (AvgIpc) is 3.22. The number of nitrogens with zero attached hydrogens (tertiary/aromatic N) is 2. The number of hydrogen-bond acceptors (Lipinski definition) is 4. The van der Waals surface area contributed by atoms with Crippen LogP contribution in [0.4, 0.5) is 0 Å². The SMILES string of the molecule is NCc1ccc2c(c1)ncn2CCCS(=O)(=O)C1CC1. The lowest BCUT2D eigenvalue weighted by Gasteiger charge is -2.05. The first kappa shape index (κ1) is 13.6. The molecule has 5 nitrogen and oxygen atoms in total. The summed E-state index contributed by atoms with van der Waals surface area (Å²) in [4.78, 5) is 4.35. The van der Waals surface area contributed by atoms with E-state index in [1.807, 2.05) is 22.8 Å². The molecular weight excluding hydrogens is 274 g/mol. The van der Waals surface area contributed by atoms with Crippen molar-refractivity contribution in [2.45, 2.75) is 37.6 Å². The molecule has 2 N–H and O–H groups in total. The summed E-state index contributed by atoms with van der Waals surface area (Å²) in [6.07, 6.45) is 4.11. The molecule has 1 fully saturated rings. The van der Waals surface area contributed by atoms with Gasteiger partial charge in [0, 0.05) is 13.1 Å². The zero-order valence-electron chi connectivity index (χ0n) is 11.3. The number of sulfone groups is 1. The van der Waals surface area contributed by atoms with E-state index in [1.165, 1.54) is 0 Å². The van der Waals surface area contributed by atoms with Gasteiger partial charge >= 0.3 is 0 Å². The Kier molecular flexibility index (Phi) is 3.52. The topological polar surface area (TPSA) is 78.0 Å². The maximum absolute atomic E-state index is 11.8. The highest BCUT2D eigenvalue weighted by atomic mass is 32.2. The summed E-state index contributed by atoms with van der Waals surface area (Å²) in [5, 5.41) is -0.0610. The molecule has 1 heterocycles. The Bertz CT molecular complexity index is 717. The molecule has 0 unspecified atom stereocenters. The van der Waals surface area contributed by atoms with Crippen molar-refractivity contribution in [2.24, 2.45) is 5.73 Å². The Labute approximate surface area is 118 Å². The largest absolute Gasteiger partial charge is 0.331 e. The van der Waals surface area contributed by atoms with Crippen molar-refractivity contribution in [2.75, 3.05) is 5.75 Å². The van der Waals surface area contributed by atoms with Gasteiger partial charge in [0.2, 0.25) is 0 Å². The number of fused-ring (bicyclic) bond motifs is 1. The molecule has 0 atom stereocenters. The molecule has 0 radical (unpaired) electrons. The van der Waals surface area contributed by atoms with Crippen molar-refractivity contribution in [1.29, 1.82) is 0 Å². The van der Waals surface area contributed by atoms with Gasteiger partial charge in [0.15, 0.2) is 9.84 Å². The van der Waals surface area contributed by atoms with Crippen molar-refractivity contribution in [3.63, 3.8) is 0 Å². The number of rotatable bonds is 6. The first-order valence-electron chi connectivity index (χ1n) is 6.95. The second kappa shape index (κ2) is 5.18. The third-order valence-corrected chi connectivity index (χ3v) is 6.13. The zero-order valence-corrected chi connectivity index (χ0v) is 12.1. The maximum atomic E-state index is 11.8. The molecule has 0 bridgehead atoms. The van der Waals surface area contributed by atoms with E-state index in [2.05, 4.69) is 4.98 Å². The van der Waals surface area contributed by atoms with Crippen LogP contribution >= 0.6 is 0 Å². The summed E-state index contributed by atoms with van der Waals surface area (Å²) in [5.74, 6) is 0.276. The Morgan fingerprint density at radius 1 is 1.35 bits per heavy atom. The fourth-order valence-corrected chi connectivity index (χ4v) is 4.16. The summed E-state index contributed by atoms with van der Waals surface area (Å²) in [6, 6.07) is 5.97. The molecule has 1 saturated carbocycles. The molecule has 108 valence electrons. The fourth-order valence-electron chi connectivity index (χ4n) is 2.44. The minimum Gasteiger partial charge on any atom is -0.331 e. The van der Waals surface area contributed by atoms with Crippen LogP contribution in [-0.4, -0.2) is 29.0 Å². The summed E-state index contributed by atoms with van der Waals surface area (Å²) >= 11 is 0. The van der Waals surface area contributed by atoms with E-state index in [-0.39, 0.29) is 11.0 Å². The summed E-state index contributed by atoms with van der Waals surface area (Å²) in [7, 11) is -2.85. The van der Waals surface area contributed by atoms with Gasteiger partial charge in [-0.3, -0.25) is 0 Å². The Morgan fingerprint density at radius 3 is 2.85 bits per heavy atom. The summed E-state index contributed by atoms with van der Waals surface area (Å²) in [6.45, 7) is 1.19. The molecule has 20 heavy (non-hydrogen) atoms. The number of imidazole rings is 1. The predicted octanol–water partition coefficient (Wildman–Crippen LogP) is 1.46. The highest BCUT2D eigenvalue weighted by Crippen LogP contribution is 2.29. The van der Waals surface area contributed by atoms with Crippen molar-refractivity contribution in [3.05, 3.63) is 30.1 Å². The van der Waals surface area contributed by atoms with Crippen molar-refractivity contribution in [3.8, 4) is 0 Å². The molecule has 0 spiro atoms. The van der Waals surface area contributed by atoms with Crippen LogP contribution in [0.5, 0.6) is 0 Å². The molecule has 1 aromatic heterocycles. The van der Waals surface area contributed by atoms with E-state index in [1.54, 1.807) is 6.33 Å². The standard InChI is InChI=1S/C14H19N3O2S/c15-9-11-2-5-14-13(8-11)16-10-17(14)6-1-7-20(18,19)12-3-4-12/h2,5,8,10,12H,1,3-4,6-7,9,15H2. The van der Waals surface area contributed by atoms with Gasteiger partial charge in [0.05, 0.1) is 28.4 Å². The quantitative estimate of drug-likeness (QED) is 0.874. The second-order valence-electron chi connectivity index (χ2n) is 5.39. The fraction of sp³-hybridized carbons (Fsp3) is 0.500. The zero-order chi connectivity index (χ0) is 14.2. The van der Waals surface area contributed by atoms with E-state index in [4.69, 9.17) is 5.73 Å². The summed E-state index contributed by atoms with van der Waals surface area (Å²) in [5.41, 5.74) is 8.61. The Balaban J connectivity index is 1.68. The van der Waals surface area contributed by atoms with E-state index in [0.29, 0.717) is 19.5 Å². The second-order valence-corrected chi connectivity index (χ2v) is 7.79. The average molecular weight is 293 g/mol. The van der Waals surface area contributed by atoms with Gasteiger partial charge in [-0.1, -0.05) is 6.07 Å². The first-order valence-corrected chi connectivity index (χ1v) is 8.67. The molecule has 1 aromatic carbocycles. The lowest BCUT2D eigenvalue weighted by molar-refractivity contribution is 0.586. The molecule has 0 aliphatic heterocycles. The third kappa shape index (κ3) is 2.71. The van der Waals surface area contributed by atoms with E-state index < -0.39 is 9.84 Å². The van der Waals surface area contributed by atoms with Crippen LogP contribution in [0.1, 0.15) is 24.8 Å². The first-order chi connectivity index (χ1) is 9.60. The molecular formula is C14H19N3O2S. The van der Waals surface area contributed by atoms with Crippen LogP contribution in [0.15, 0.2) is 24.5 Å².